The van der Waals surface area contributed by atoms with E-state index in [9.17, 15) is 19.5 Å². The molecule has 6 rings (SSSR count). The first kappa shape index (κ1) is 25.7. The van der Waals surface area contributed by atoms with Crippen LogP contribution >= 0.6 is 11.8 Å². The van der Waals surface area contributed by atoms with Crippen molar-refractivity contribution in [2.75, 3.05) is 26.2 Å². The molecule has 1 spiro atoms. The van der Waals surface area contributed by atoms with Gasteiger partial charge in [-0.1, -0.05) is 73.9 Å². The van der Waals surface area contributed by atoms with Crippen molar-refractivity contribution in [3.63, 3.8) is 0 Å². The molecule has 1 unspecified atom stereocenters. The van der Waals surface area contributed by atoms with Crippen LogP contribution in [0.2, 0.25) is 0 Å². The maximum atomic E-state index is 14.3. The van der Waals surface area contributed by atoms with Gasteiger partial charge in [0.1, 0.15) is 6.04 Å². The van der Waals surface area contributed by atoms with Crippen molar-refractivity contribution >= 4 is 29.5 Å². The maximum Gasteiger partial charge on any atom is 0.247 e. The van der Waals surface area contributed by atoms with Crippen molar-refractivity contribution in [3.05, 3.63) is 60.2 Å². The number of β-amino-alcohol motifs (C(OH)–C–C–N with tert-alkyl or cyclic N) is 1. The SMILES string of the molecule is C[C@]12C=CCN(Cc3ccccc3)C(=O)[C@H]1[C@H]1C(=O)N(CCO)C3C(=O)N(C4CCCCC4)CC=C[C@@]31S2. The molecule has 8 heteroatoms. The Kier molecular flexibility index (Phi) is 6.67. The van der Waals surface area contributed by atoms with Crippen LogP contribution in [0.5, 0.6) is 0 Å². The first-order valence-corrected chi connectivity index (χ1v) is 14.8. The number of carbonyl (C=O) groups excluding carboxylic acids is 3. The second kappa shape index (κ2) is 9.87. The molecule has 5 aliphatic rings. The Balaban J connectivity index is 1.40. The van der Waals surface area contributed by atoms with E-state index in [4.69, 9.17) is 0 Å². The number of aliphatic hydroxyl groups is 1. The van der Waals surface area contributed by atoms with Crippen LogP contribution in [0, 0.1) is 11.8 Å². The molecular weight excluding hydrogens is 498 g/mol. The second-order valence-corrected chi connectivity index (χ2v) is 13.3. The molecule has 3 fully saturated rings. The quantitative estimate of drug-likeness (QED) is 0.587. The summed E-state index contributed by atoms with van der Waals surface area (Å²) >= 11 is 1.61. The number of hydrogen-bond acceptors (Lipinski definition) is 5. The number of benzene rings is 1. The highest BCUT2D eigenvalue weighted by molar-refractivity contribution is 8.02. The first-order valence-electron chi connectivity index (χ1n) is 14.0. The van der Waals surface area contributed by atoms with Gasteiger partial charge in [0, 0.05) is 37.0 Å². The van der Waals surface area contributed by atoms with Crippen LogP contribution in [0.1, 0.15) is 44.6 Å². The average molecular weight is 536 g/mol. The number of carbonyl (C=O) groups is 3. The fourth-order valence-electron chi connectivity index (χ4n) is 7.60. The van der Waals surface area contributed by atoms with E-state index in [1.807, 2.05) is 46.2 Å². The Morgan fingerprint density at radius 2 is 1.66 bits per heavy atom. The molecule has 0 aromatic heterocycles. The molecule has 7 nitrogen and oxygen atoms in total. The number of aliphatic hydroxyl groups excluding tert-OH is 1. The van der Waals surface area contributed by atoms with Crippen LogP contribution < -0.4 is 0 Å². The molecular formula is C30H37N3O4S. The topological polar surface area (TPSA) is 81.2 Å². The zero-order valence-electron chi connectivity index (χ0n) is 22.0. The highest BCUT2D eigenvalue weighted by Crippen LogP contribution is 2.65. The smallest absolute Gasteiger partial charge is 0.247 e. The number of fused-ring (bicyclic) bond motifs is 2. The highest BCUT2D eigenvalue weighted by atomic mass is 32.2. The maximum absolute atomic E-state index is 14.3. The minimum Gasteiger partial charge on any atom is -0.395 e. The summed E-state index contributed by atoms with van der Waals surface area (Å²) < 4.78 is -1.46. The van der Waals surface area contributed by atoms with E-state index in [1.165, 1.54) is 6.42 Å². The van der Waals surface area contributed by atoms with Gasteiger partial charge in [0.2, 0.25) is 17.7 Å². The van der Waals surface area contributed by atoms with Gasteiger partial charge in [-0.15, -0.1) is 11.8 Å². The lowest BCUT2D eigenvalue weighted by Gasteiger charge is -2.39. The van der Waals surface area contributed by atoms with Crippen LogP contribution in [0.15, 0.2) is 54.6 Å². The van der Waals surface area contributed by atoms with Crippen LogP contribution in [0.3, 0.4) is 0 Å². The van der Waals surface area contributed by atoms with E-state index < -0.39 is 27.4 Å². The summed E-state index contributed by atoms with van der Waals surface area (Å²) in [5.74, 6) is -1.50. The molecule has 202 valence electrons. The third-order valence-electron chi connectivity index (χ3n) is 9.24. The van der Waals surface area contributed by atoms with Crippen molar-refractivity contribution in [1.29, 1.82) is 0 Å². The number of rotatable bonds is 5. The number of nitrogens with zero attached hydrogens (tertiary/aromatic N) is 3. The molecule has 1 saturated carbocycles. The summed E-state index contributed by atoms with van der Waals surface area (Å²) in [5.41, 5.74) is 1.04. The summed E-state index contributed by atoms with van der Waals surface area (Å²) in [6, 6.07) is 9.38. The van der Waals surface area contributed by atoms with Gasteiger partial charge < -0.3 is 19.8 Å². The van der Waals surface area contributed by atoms with Gasteiger partial charge in [0.15, 0.2) is 0 Å². The molecule has 2 saturated heterocycles. The van der Waals surface area contributed by atoms with Gasteiger partial charge in [-0.2, -0.15) is 0 Å². The average Bonchev–Trinajstić information content (AvgIpc) is 3.18. The number of hydrogen-bond donors (Lipinski definition) is 1. The van der Waals surface area contributed by atoms with Gasteiger partial charge in [0.25, 0.3) is 0 Å². The number of thioether (sulfide) groups is 1. The molecule has 38 heavy (non-hydrogen) atoms. The third-order valence-corrected chi connectivity index (χ3v) is 11.0. The summed E-state index contributed by atoms with van der Waals surface area (Å²) in [6.07, 6.45) is 13.7. The predicted molar refractivity (Wildman–Crippen MR) is 147 cm³/mol. The lowest BCUT2D eigenvalue weighted by molar-refractivity contribution is -0.146. The molecule has 0 bridgehead atoms. The second-order valence-electron chi connectivity index (χ2n) is 11.5. The van der Waals surface area contributed by atoms with Gasteiger partial charge in [-0.05, 0) is 25.3 Å². The summed E-state index contributed by atoms with van der Waals surface area (Å²) in [7, 11) is 0. The van der Waals surface area contributed by atoms with Crippen molar-refractivity contribution in [1.82, 2.24) is 14.7 Å². The Morgan fingerprint density at radius 3 is 2.39 bits per heavy atom. The van der Waals surface area contributed by atoms with Gasteiger partial charge in [-0.25, -0.2) is 0 Å². The molecule has 1 aromatic carbocycles. The van der Waals surface area contributed by atoms with Gasteiger partial charge in [0.05, 0.1) is 23.2 Å². The molecule has 4 aliphatic heterocycles. The van der Waals surface area contributed by atoms with Crippen molar-refractivity contribution in [2.24, 2.45) is 11.8 Å². The molecule has 4 heterocycles. The molecule has 1 aliphatic carbocycles. The van der Waals surface area contributed by atoms with Crippen molar-refractivity contribution in [2.45, 2.75) is 67.2 Å². The lowest BCUT2D eigenvalue weighted by atomic mass is 9.74. The fraction of sp³-hybridized carbons (Fsp3) is 0.567. The van der Waals surface area contributed by atoms with E-state index in [0.717, 1.165) is 31.2 Å². The zero-order chi connectivity index (χ0) is 26.5. The molecule has 1 aromatic rings. The van der Waals surface area contributed by atoms with Crippen LogP contribution in [-0.4, -0.2) is 85.3 Å². The zero-order valence-corrected chi connectivity index (χ0v) is 22.8. The summed E-state index contributed by atoms with van der Waals surface area (Å²) in [4.78, 5) is 48.2. The number of amides is 3. The van der Waals surface area contributed by atoms with Crippen LogP contribution in [-0.2, 0) is 20.9 Å². The van der Waals surface area contributed by atoms with Crippen LogP contribution in [0.4, 0.5) is 0 Å². The molecule has 5 atom stereocenters. The summed E-state index contributed by atoms with van der Waals surface area (Å²) in [6.45, 7) is 3.43. The number of likely N-dealkylation sites (tertiary alicyclic amines) is 1. The Hall–Kier alpha value is -2.58. The Labute approximate surface area is 228 Å². The molecule has 0 radical (unpaired) electrons. The van der Waals surface area contributed by atoms with E-state index in [0.29, 0.717) is 19.6 Å². The largest absolute Gasteiger partial charge is 0.395 e. The molecule has 1 N–H and O–H groups in total. The Bertz CT molecular complexity index is 1170. The van der Waals surface area contributed by atoms with E-state index in [2.05, 4.69) is 25.2 Å². The first-order chi connectivity index (χ1) is 18.4. The molecule has 3 amide bonds. The Morgan fingerprint density at radius 1 is 0.921 bits per heavy atom. The van der Waals surface area contributed by atoms with Crippen molar-refractivity contribution in [3.8, 4) is 0 Å². The van der Waals surface area contributed by atoms with E-state index in [-0.39, 0.29) is 36.9 Å². The van der Waals surface area contributed by atoms with E-state index >= 15 is 0 Å². The minimum atomic E-state index is -0.845. The standard InChI is InChI=1S/C30H37N3O4S/c1-29-14-8-16-31(20-21-10-4-2-5-11-21)26(35)23(29)24-27(36)33(18-19-34)25-28(37)32(22-12-6-3-7-13-22)17-9-15-30(24,25)38-29/h2,4-5,8-11,14-15,22-25,34H,3,6-7,12-13,16-20H2,1H3/t23-,24+,25?,29+,30+/m1/s1. The van der Waals surface area contributed by atoms with Gasteiger partial charge in [-0.3, -0.25) is 14.4 Å². The van der Waals surface area contributed by atoms with Crippen molar-refractivity contribution < 1.29 is 19.5 Å². The third kappa shape index (κ3) is 3.94. The fourth-order valence-corrected chi connectivity index (χ4v) is 9.76. The van der Waals surface area contributed by atoms with E-state index in [1.54, 1.807) is 16.7 Å². The monoisotopic (exact) mass is 535 g/mol. The minimum absolute atomic E-state index is 0.0312. The normalized spacial score (nSPS) is 35.3. The summed E-state index contributed by atoms with van der Waals surface area (Å²) in [5, 5.41) is 9.92. The lowest BCUT2D eigenvalue weighted by Crippen LogP contribution is -2.56. The van der Waals surface area contributed by atoms with Crippen LogP contribution in [0.25, 0.3) is 0 Å². The highest BCUT2D eigenvalue weighted by Gasteiger charge is 2.74. The van der Waals surface area contributed by atoms with Gasteiger partial charge >= 0.3 is 0 Å². The predicted octanol–water partition coefficient (Wildman–Crippen LogP) is 3.00.